The van der Waals surface area contributed by atoms with E-state index in [4.69, 9.17) is 23.2 Å². The predicted octanol–water partition coefficient (Wildman–Crippen LogP) is 4.16. The van der Waals surface area contributed by atoms with E-state index >= 15 is 0 Å². The standard InChI is InChI=1S/C14H13Cl2FN2/c1-19(8-10-2-5-12(17)6-3-10)9-11-4-7-13(15)18-14(11)16/h2-7H,8-9H2,1H3. The highest BCUT2D eigenvalue weighted by Crippen LogP contribution is 2.18. The Kier molecular flexibility index (Phi) is 4.75. The first-order chi connectivity index (χ1) is 9.04. The van der Waals surface area contributed by atoms with Crippen LogP contribution in [0.1, 0.15) is 11.1 Å². The fourth-order valence-corrected chi connectivity index (χ4v) is 2.21. The van der Waals surface area contributed by atoms with Crippen LogP contribution in [0.25, 0.3) is 0 Å². The summed E-state index contributed by atoms with van der Waals surface area (Å²) >= 11 is 11.8. The molecule has 0 radical (unpaired) electrons. The highest BCUT2D eigenvalue weighted by Gasteiger charge is 2.07. The van der Waals surface area contributed by atoms with Crippen molar-refractivity contribution in [2.75, 3.05) is 7.05 Å². The topological polar surface area (TPSA) is 16.1 Å². The van der Waals surface area contributed by atoms with Crippen LogP contribution in [0.2, 0.25) is 10.3 Å². The molecule has 2 aromatic rings. The van der Waals surface area contributed by atoms with E-state index in [2.05, 4.69) is 9.88 Å². The maximum atomic E-state index is 12.8. The third kappa shape index (κ3) is 4.16. The fourth-order valence-electron chi connectivity index (χ4n) is 1.81. The number of benzene rings is 1. The smallest absolute Gasteiger partial charge is 0.135 e. The van der Waals surface area contributed by atoms with E-state index in [1.165, 1.54) is 12.1 Å². The molecule has 0 aliphatic carbocycles. The second-order valence-electron chi connectivity index (χ2n) is 4.38. The van der Waals surface area contributed by atoms with Gasteiger partial charge in [-0.25, -0.2) is 9.37 Å². The minimum absolute atomic E-state index is 0.226. The minimum atomic E-state index is -0.226. The Labute approximate surface area is 121 Å². The number of aromatic nitrogens is 1. The first kappa shape index (κ1) is 14.3. The SMILES string of the molecule is CN(Cc1ccc(F)cc1)Cc1ccc(Cl)nc1Cl. The van der Waals surface area contributed by atoms with Crippen LogP contribution >= 0.6 is 23.2 Å². The molecule has 1 aromatic heterocycles. The van der Waals surface area contributed by atoms with Crippen LogP contribution < -0.4 is 0 Å². The van der Waals surface area contributed by atoms with Gasteiger partial charge in [0.15, 0.2) is 0 Å². The van der Waals surface area contributed by atoms with Gasteiger partial charge in [0.05, 0.1) is 0 Å². The van der Waals surface area contributed by atoms with Crippen LogP contribution in [0, 0.1) is 5.82 Å². The Morgan fingerprint density at radius 3 is 2.37 bits per heavy atom. The zero-order valence-electron chi connectivity index (χ0n) is 10.4. The number of halogens is 3. The molecular formula is C14H13Cl2FN2. The summed E-state index contributed by atoms with van der Waals surface area (Å²) in [6, 6.07) is 10.0. The van der Waals surface area contributed by atoms with Crippen molar-refractivity contribution < 1.29 is 4.39 Å². The van der Waals surface area contributed by atoms with Gasteiger partial charge >= 0.3 is 0 Å². The van der Waals surface area contributed by atoms with Gasteiger partial charge in [0.2, 0.25) is 0 Å². The molecule has 0 atom stereocenters. The van der Waals surface area contributed by atoms with E-state index in [0.717, 1.165) is 11.1 Å². The van der Waals surface area contributed by atoms with E-state index in [1.807, 2.05) is 13.1 Å². The summed E-state index contributed by atoms with van der Waals surface area (Å²) in [5.74, 6) is -0.226. The first-order valence-electron chi connectivity index (χ1n) is 5.78. The molecule has 19 heavy (non-hydrogen) atoms. The summed E-state index contributed by atoms with van der Waals surface area (Å²) in [7, 11) is 1.97. The van der Waals surface area contributed by atoms with Gasteiger partial charge in [0.1, 0.15) is 16.1 Å². The number of hydrogen-bond donors (Lipinski definition) is 0. The zero-order valence-corrected chi connectivity index (χ0v) is 11.9. The average Bonchev–Trinajstić information content (AvgIpc) is 2.36. The van der Waals surface area contributed by atoms with E-state index in [0.29, 0.717) is 23.4 Å². The molecule has 0 spiro atoms. The second kappa shape index (κ2) is 6.33. The van der Waals surface area contributed by atoms with Crippen LogP contribution in [-0.2, 0) is 13.1 Å². The Hall–Kier alpha value is -1.16. The molecule has 1 aromatic carbocycles. The van der Waals surface area contributed by atoms with E-state index in [1.54, 1.807) is 18.2 Å². The fraction of sp³-hybridized carbons (Fsp3) is 0.214. The van der Waals surface area contributed by atoms with Gasteiger partial charge in [-0.05, 0) is 30.8 Å². The molecule has 0 bridgehead atoms. The van der Waals surface area contributed by atoms with Crippen LogP contribution in [-0.4, -0.2) is 16.9 Å². The van der Waals surface area contributed by atoms with Crippen LogP contribution in [0.4, 0.5) is 4.39 Å². The van der Waals surface area contributed by atoms with Crippen molar-refractivity contribution >= 4 is 23.2 Å². The molecule has 0 unspecified atom stereocenters. The Balaban J connectivity index is 2.01. The lowest BCUT2D eigenvalue weighted by Crippen LogP contribution is -2.17. The molecule has 2 rings (SSSR count). The molecular weight excluding hydrogens is 286 g/mol. The monoisotopic (exact) mass is 298 g/mol. The lowest BCUT2D eigenvalue weighted by atomic mass is 10.2. The molecule has 0 saturated carbocycles. The first-order valence-corrected chi connectivity index (χ1v) is 6.54. The van der Waals surface area contributed by atoms with Crippen molar-refractivity contribution in [2.45, 2.75) is 13.1 Å². The van der Waals surface area contributed by atoms with Crippen LogP contribution in [0.15, 0.2) is 36.4 Å². The maximum Gasteiger partial charge on any atom is 0.135 e. The van der Waals surface area contributed by atoms with Crippen molar-refractivity contribution in [3.8, 4) is 0 Å². The normalized spacial score (nSPS) is 11.0. The summed E-state index contributed by atoms with van der Waals surface area (Å²) in [5, 5.41) is 0.799. The Morgan fingerprint density at radius 1 is 1.05 bits per heavy atom. The van der Waals surface area contributed by atoms with Crippen molar-refractivity contribution in [1.29, 1.82) is 0 Å². The lowest BCUT2D eigenvalue weighted by Gasteiger charge is -2.17. The van der Waals surface area contributed by atoms with Crippen LogP contribution in [0.5, 0.6) is 0 Å². The summed E-state index contributed by atoms with van der Waals surface area (Å²) < 4.78 is 12.8. The van der Waals surface area contributed by atoms with Crippen molar-refractivity contribution in [2.24, 2.45) is 0 Å². The number of hydrogen-bond acceptors (Lipinski definition) is 2. The number of pyridine rings is 1. The van der Waals surface area contributed by atoms with Crippen molar-refractivity contribution in [3.63, 3.8) is 0 Å². The van der Waals surface area contributed by atoms with E-state index < -0.39 is 0 Å². The van der Waals surface area contributed by atoms with E-state index in [9.17, 15) is 4.39 Å². The quantitative estimate of drug-likeness (QED) is 0.788. The average molecular weight is 299 g/mol. The lowest BCUT2D eigenvalue weighted by molar-refractivity contribution is 0.318. The van der Waals surface area contributed by atoms with Gasteiger partial charge in [-0.3, -0.25) is 4.90 Å². The van der Waals surface area contributed by atoms with Gasteiger partial charge < -0.3 is 0 Å². The van der Waals surface area contributed by atoms with Crippen molar-refractivity contribution in [3.05, 3.63) is 63.6 Å². The summed E-state index contributed by atoms with van der Waals surface area (Å²) in [6.07, 6.45) is 0. The van der Waals surface area contributed by atoms with Crippen LogP contribution in [0.3, 0.4) is 0 Å². The molecule has 5 heteroatoms. The predicted molar refractivity (Wildman–Crippen MR) is 75.8 cm³/mol. The van der Waals surface area contributed by atoms with E-state index in [-0.39, 0.29) is 5.82 Å². The van der Waals surface area contributed by atoms with Gasteiger partial charge in [0, 0.05) is 18.7 Å². The highest BCUT2D eigenvalue weighted by atomic mass is 35.5. The number of rotatable bonds is 4. The molecule has 2 nitrogen and oxygen atoms in total. The molecule has 0 aliphatic heterocycles. The third-order valence-electron chi connectivity index (χ3n) is 2.70. The van der Waals surface area contributed by atoms with Gasteiger partial charge in [-0.15, -0.1) is 0 Å². The molecule has 100 valence electrons. The molecule has 0 aliphatic rings. The summed E-state index contributed by atoms with van der Waals surface area (Å²) in [4.78, 5) is 6.07. The van der Waals surface area contributed by atoms with Gasteiger partial charge in [-0.1, -0.05) is 41.4 Å². The third-order valence-corrected chi connectivity index (χ3v) is 3.24. The minimum Gasteiger partial charge on any atom is -0.298 e. The molecule has 0 amide bonds. The molecule has 1 heterocycles. The zero-order chi connectivity index (χ0) is 13.8. The molecule has 0 saturated heterocycles. The Morgan fingerprint density at radius 2 is 1.74 bits per heavy atom. The largest absolute Gasteiger partial charge is 0.298 e. The van der Waals surface area contributed by atoms with Crippen molar-refractivity contribution in [1.82, 2.24) is 9.88 Å². The second-order valence-corrected chi connectivity index (χ2v) is 5.13. The summed E-state index contributed by atoms with van der Waals surface area (Å²) in [5.41, 5.74) is 1.96. The highest BCUT2D eigenvalue weighted by molar-refractivity contribution is 6.32. The Bertz CT molecular complexity index is 558. The number of nitrogens with zero attached hydrogens (tertiary/aromatic N) is 2. The summed E-state index contributed by atoms with van der Waals surface area (Å²) in [6.45, 7) is 1.36. The van der Waals surface area contributed by atoms with Gasteiger partial charge in [0.25, 0.3) is 0 Å². The maximum absolute atomic E-state index is 12.8. The van der Waals surface area contributed by atoms with Gasteiger partial charge in [-0.2, -0.15) is 0 Å². The molecule has 0 N–H and O–H groups in total. The molecule has 0 fully saturated rings.